The van der Waals surface area contributed by atoms with E-state index in [1.807, 2.05) is 45.0 Å². The van der Waals surface area contributed by atoms with Gasteiger partial charge in [0.2, 0.25) is 0 Å². The van der Waals surface area contributed by atoms with Crippen molar-refractivity contribution in [3.8, 4) is 22.7 Å². The topological polar surface area (TPSA) is 120 Å². The van der Waals surface area contributed by atoms with Gasteiger partial charge in [-0.3, -0.25) is 10.2 Å². The number of carbonyl (C=O) groups excluding carboxylic acids is 1. The largest absolute Gasteiger partial charge is 0.492 e. The number of benzene rings is 2. The summed E-state index contributed by atoms with van der Waals surface area (Å²) in [5.74, 6) is 1.74. The number of ether oxygens (including phenoxy) is 2. The van der Waals surface area contributed by atoms with E-state index in [2.05, 4.69) is 31.0 Å². The maximum Gasteiger partial charge on any atom is 0.324 e. The summed E-state index contributed by atoms with van der Waals surface area (Å²) in [6, 6.07) is 14.1. The fourth-order valence-electron chi connectivity index (χ4n) is 4.08. The molecule has 1 saturated heterocycles. The Morgan fingerprint density at radius 2 is 1.85 bits per heavy atom. The smallest absolute Gasteiger partial charge is 0.324 e. The summed E-state index contributed by atoms with van der Waals surface area (Å²) >= 11 is 6.55. The number of hydrogen-bond acceptors (Lipinski definition) is 8. The predicted octanol–water partition coefficient (Wildman–Crippen LogP) is 5.23. The molecule has 0 atom stereocenters. The molecule has 11 nitrogen and oxygen atoms in total. The maximum atomic E-state index is 12.4. The van der Waals surface area contributed by atoms with Crippen LogP contribution in [0.25, 0.3) is 16.9 Å². The Kier molecular flexibility index (Phi) is 8.34. The Labute approximate surface area is 237 Å². The molecule has 12 heteroatoms. The lowest BCUT2D eigenvalue weighted by molar-refractivity contribution is 0.0322. The van der Waals surface area contributed by atoms with Crippen LogP contribution in [-0.4, -0.2) is 70.5 Å². The molecule has 0 spiro atoms. The Morgan fingerprint density at radius 3 is 2.55 bits per heavy atom. The van der Waals surface area contributed by atoms with E-state index in [9.17, 15) is 4.79 Å². The monoisotopic (exact) mass is 565 g/mol. The highest BCUT2D eigenvalue weighted by Crippen LogP contribution is 2.27. The van der Waals surface area contributed by atoms with Gasteiger partial charge < -0.3 is 19.3 Å². The van der Waals surface area contributed by atoms with Crippen molar-refractivity contribution < 1.29 is 18.8 Å². The Balaban J connectivity index is 1.16. The number of urea groups is 1. The lowest BCUT2D eigenvalue weighted by Crippen LogP contribution is -2.38. The fraction of sp³-hybridized carbons (Fsp3) is 0.357. The van der Waals surface area contributed by atoms with Gasteiger partial charge in [-0.2, -0.15) is 0 Å². The van der Waals surface area contributed by atoms with E-state index >= 15 is 0 Å². The summed E-state index contributed by atoms with van der Waals surface area (Å²) in [5.41, 5.74) is 2.60. The van der Waals surface area contributed by atoms with Crippen LogP contribution >= 0.6 is 11.6 Å². The summed E-state index contributed by atoms with van der Waals surface area (Å²) in [4.78, 5) is 14.7. The molecule has 4 aromatic rings. The minimum atomic E-state index is -0.421. The first kappa shape index (κ1) is 27.6. The number of nitrogens with one attached hydrogen (secondary N) is 2. The molecule has 2 aromatic carbocycles. The van der Waals surface area contributed by atoms with Gasteiger partial charge in [0, 0.05) is 48.4 Å². The standard InChI is InChI=1S/C28H32ClN7O4/c1-28(2,3)25-17-26(33-40-25)31-27(37)30-20-6-4-19(5-7-20)23-18-36(34-32-23)24-9-8-21(16-22(24)29)39-15-12-35-10-13-38-14-11-35/h4-9,16-18H,10-15H2,1-3H3,(H2,30,31,33,37). The van der Waals surface area contributed by atoms with E-state index in [1.54, 1.807) is 35.1 Å². The van der Waals surface area contributed by atoms with Gasteiger partial charge >= 0.3 is 6.03 Å². The number of nitrogens with zero attached hydrogens (tertiary/aromatic N) is 5. The number of anilines is 2. The van der Waals surface area contributed by atoms with Gasteiger partial charge in [-0.05, 0) is 24.3 Å². The normalized spacial score (nSPS) is 14.2. The molecule has 2 aromatic heterocycles. The molecule has 1 fully saturated rings. The van der Waals surface area contributed by atoms with Crippen LogP contribution in [0.1, 0.15) is 26.5 Å². The number of hydrogen-bond donors (Lipinski definition) is 2. The zero-order valence-corrected chi connectivity index (χ0v) is 23.4. The highest BCUT2D eigenvalue weighted by molar-refractivity contribution is 6.32. The van der Waals surface area contributed by atoms with Crippen molar-refractivity contribution >= 4 is 29.1 Å². The number of halogens is 1. The van der Waals surface area contributed by atoms with Crippen molar-refractivity contribution in [3.05, 3.63) is 65.5 Å². The van der Waals surface area contributed by atoms with E-state index in [4.69, 9.17) is 25.6 Å². The summed E-state index contributed by atoms with van der Waals surface area (Å²) in [7, 11) is 0. The van der Waals surface area contributed by atoms with Gasteiger partial charge in [-0.1, -0.05) is 54.9 Å². The SMILES string of the molecule is CC(C)(C)c1cc(NC(=O)Nc2ccc(-c3cn(-c4ccc(OCCN5CCOCC5)cc4Cl)nn3)cc2)no1. The number of carbonyl (C=O) groups is 1. The third-order valence-electron chi connectivity index (χ3n) is 6.37. The van der Waals surface area contributed by atoms with Gasteiger partial charge in [0.25, 0.3) is 0 Å². The molecule has 2 amide bonds. The van der Waals surface area contributed by atoms with Crippen LogP contribution < -0.4 is 15.4 Å². The van der Waals surface area contributed by atoms with Crippen LogP contribution in [0.4, 0.5) is 16.3 Å². The van der Waals surface area contributed by atoms with Crippen molar-refractivity contribution in [1.82, 2.24) is 25.1 Å². The second kappa shape index (κ2) is 12.1. The molecule has 0 unspecified atom stereocenters. The van der Waals surface area contributed by atoms with E-state index in [1.165, 1.54) is 0 Å². The molecule has 2 N–H and O–H groups in total. The lowest BCUT2D eigenvalue weighted by Gasteiger charge is -2.26. The Morgan fingerprint density at radius 1 is 1.07 bits per heavy atom. The molecular formula is C28H32ClN7O4. The minimum Gasteiger partial charge on any atom is -0.492 e. The predicted molar refractivity (Wildman–Crippen MR) is 152 cm³/mol. The van der Waals surface area contributed by atoms with Crippen molar-refractivity contribution in [3.63, 3.8) is 0 Å². The molecule has 1 aliphatic heterocycles. The van der Waals surface area contributed by atoms with Crippen LogP contribution in [0.3, 0.4) is 0 Å². The van der Waals surface area contributed by atoms with Crippen LogP contribution in [0, 0.1) is 0 Å². The molecule has 0 saturated carbocycles. The zero-order chi connectivity index (χ0) is 28.1. The summed E-state index contributed by atoms with van der Waals surface area (Å²) in [6.07, 6.45) is 1.80. The maximum absolute atomic E-state index is 12.4. The summed E-state index contributed by atoms with van der Waals surface area (Å²) < 4.78 is 18.2. The molecular weight excluding hydrogens is 534 g/mol. The Bertz CT molecular complexity index is 1440. The van der Waals surface area contributed by atoms with E-state index < -0.39 is 6.03 Å². The average molecular weight is 566 g/mol. The van der Waals surface area contributed by atoms with Gasteiger partial charge in [0.15, 0.2) is 5.82 Å². The van der Waals surface area contributed by atoms with Crippen LogP contribution in [0.2, 0.25) is 5.02 Å². The summed E-state index contributed by atoms with van der Waals surface area (Å²) in [6.45, 7) is 10.8. The molecule has 210 valence electrons. The molecule has 0 bridgehead atoms. The molecule has 0 radical (unpaired) electrons. The number of morpholine rings is 1. The second-order valence-corrected chi connectivity index (χ2v) is 10.9. The van der Waals surface area contributed by atoms with Gasteiger partial charge in [0.1, 0.15) is 23.8 Å². The third kappa shape index (κ3) is 6.98. The van der Waals surface area contributed by atoms with Crippen molar-refractivity contribution in [2.45, 2.75) is 26.2 Å². The van der Waals surface area contributed by atoms with Crippen LogP contribution in [0.5, 0.6) is 5.75 Å². The molecule has 40 heavy (non-hydrogen) atoms. The number of aromatic nitrogens is 4. The van der Waals surface area contributed by atoms with Gasteiger partial charge in [0.05, 0.1) is 30.1 Å². The minimum absolute atomic E-state index is 0.201. The first-order valence-corrected chi connectivity index (χ1v) is 13.4. The fourth-order valence-corrected chi connectivity index (χ4v) is 4.34. The zero-order valence-electron chi connectivity index (χ0n) is 22.7. The summed E-state index contributed by atoms with van der Waals surface area (Å²) in [5, 5.41) is 18.4. The third-order valence-corrected chi connectivity index (χ3v) is 6.67. The number of amides is 2. The molecule has 3 heterocycles. The van der Waals surface area contributed by atoms with Crippen molar-refractivity contribution in [1.29, 1.82) is 0 Å². The second-order valence-electron chi connectivity index (χ2n) is 10.4. The van der Waals surface area contributed by atoms with E-state index in [0.29, 0.717) is 46.0 Å². The lowest BCUT2D eigenvalue weighted by atomic mass is 9.93. The van der Waals surface area contributed by atoms with Gasteiger partial charge in [-0.15, -0.1) is 5.10 Å². The van der Waals surface area contributed by atoms with Crippen molar-refractivity contribution in [2.24, 2.45) is 0 Å². The first-order chi connectivity index (χ1) is 19.2. The molecule has 0 aliphatic carbocycles. The van der Waals surface area contributed by atoms with Crippen molar-refractivity contribution in [2.75, 3.05) is 50.1 Å². The Hall–Kier alpha value is -3.93. The molecule has 1 aliphatic rings. The quantitative estimate of drug-likeness (QED) is 0.298. The average Bonchev–Trinajstić information content (AvgIpc) is 3.60. The highest BCUT2D eigenvalue weighted by Gasteiger charge is 2.20. The highest BCUT2D eigenvalue weighted by atomic mass is 35.5. The van der Waals surface area contributed by atoms with Crippen LogP contribution in [-0.2, 0) is 10.2 Å². The van der Waals surface area contributed by atoms with E-state index in [-0.39, 0.29) is 5.41 Å². The first-order valence-electron chi connectivity index (χ1n) is 13.1. The van der Waals surface area contributed by atoms with Gasteiger partial charge in [-0.25, -0.2) is 9.48 Å². The molecule has 5 rings (SSSR count). The van der Waals surface area contributed by atoms with Crippen LogP contribution in [0.15, 0.2) is 59.3 Å². The van der Waals surface area contributed by atoms with E-state index in [0.717, 1.165) is 38.4 Å². The number of rotatable bonds is 8.